The standard InChI is InChI=1S/C20H17N3OS/c1-3-18-22-16-11-7-10-15(17-12-21-13(2)25-17)19(16)20(24)23(18)14-8-5-4-6-9-14/h4-12H,3H2,1-2H3. The van der Waals surface area contributed by atoms with E-state index in [0.717, 1.165) is 32.5 Å². The summed E-state index contributed by atoms with van der Waals surface area (Å²) in [7, 11) is 0. The van der Waals surface area contributed by atoms with Crippen molar-refractivity contribution in [3.8, 4) is 16.1 Å². The lowest BCUT2D eigenvalue weighted by Gasteiger charge is -2.13. The molecule has 0 aliphatic heterocycles. The first-order valence-electron chi connectivity index (χ1n) is 8.22. The highest BCUT2D eigenvalue weighted by Gasteiger charge is 2.16. The summed E-state index contributed by atoms with van der Waals surface area (Å²) in [5, 5.41) is 1.63. The molecule has 0 fully saturated rings. The van der Waals surface area contributed by atoms with E-state index in [1.165, 1.54) is 0 Å². The zero-order valence-electron chi connectivity index (χ0n) is 14.1. The van der Waals surface area contributed by atoms with E-state index in [0.29, 0.717) is 11.8 Å². The third-order valence-electron chi connectivity index (χ3n) is 4.18. The maximum atomic E-state index is 13.4. The van der Waals surface area contributed by atoms with E-state index >= 15 is 0 Å². The van der Waals surface area contributed by atoms with Gasteiger partial charge in [-0.15, -0.1) is 11.3 Å². The van der Waals surface area contributed by atoms with Crippen molar-refractivity contribution < 1.29 is 0 Å². The Labute approximate surface area is 149 Å². The van der Waals surface area contributed by atoms with E-state index in [2.05, 4.69) is 4.98 Å². The average molecular weight is 347 g/mol. The van der Waals surface area contributed by atoms with Gasteiger partial charge in [-0.3, -0.25) is 9.36 Å². The second-order valence-corrected chi connectivity index (χ2v) is 7.04. The first-order valence-corrected chi connectivity index (χ1v) is 9.03. The molecule has 0 saturated heterocycles. The van der Waals surface area contributed by atoms with Crippen molar-refractivity contribution in [3.05, 3.63) is 75.9 Å². The van der Waals surface area contributed by atoms with E-state index in [9.17, 15) is 4.79 Å². The van der Waals surface area contributed by atoms with Crippen molar-refractivity contribution in [2.75, 3.05) is 0 Å². The lowest BCUT2D eigenvalue weighted by molar-refractivity contribution is 0.833. The van der Waals surface area contributed by atoms with Crippen LogP contribution < -0.4 is 5.56 Å². The molecule has 0 saturated carbocycles. The molecule has 4 rings (SSSR count). The molecule has 0 amide bonds. The maximum Gasteiger partial charge on any atom is 0.266 e. The van der Waals surface area contributed by atoms with E-state index in [-0.39, 0.29) is 5.56 Å². The predicted octanol–water partition coefficient (Wildman–Crippen LogP) is 4.38. The van der Waals surface area contributed by atoms with Gasteiger partial charge in [0.2, 0.25) is 0 Å². The fraction of sp³-hybridized carbons (Fsp3) is 0.150. The molecule has 4 aromatic rings. The molecule has 0 aliphatic rings. The number of hydrogen-bond donors (Lipinski definition) is 0. The first kappa shape index (κ1) is 15.7. The SMILES string of the molecule is CCc1nc2cccc(-c3cnc(C)s3)c2c(=O)n1-c1ccccc1. The van der Waals surface area contributed by atoms with Gasteiger partial charge in [0.15, 0.2) is 0 Å². The van der Waals surface area contributed by atoms with Gasteiger partial charge in [0, 0.05) is 18.2 Å². The largest absolute Gasteiger partial charge is 0.268 e. The number of aryl methyl sites for hydroxylation is 2. The normalized spacial score (nSPS) is 11.1. The Balaban J connectivity index is 2.10. The monoisotopic (exact) mass is 347 g/mol. The molecule has 0 bridgehead atoms. The molecule has 0 N–H and O–H groups in total. The number of thiazole rings is 1. The molecule has 2 heterocycles. The molecular formula is C20H17N3OS. The minimum absolute atomic E-state index is 0.0327. The molecule has 0 unspecified atom stereocenters. The molecule has 0 atom stereocenters. The maximum absolute atomic E-state index is 13.4. The van der Waals surface area contributed by atoms with Gasteiger partial charge in [-0.2, -0.15) is 0 Å². The van der Waals surface area contributed by atoms with Gasteiger partial charge in [-0.25, -0.2) is 9.97 Å². The zero-order chi connectivity index (χ0) is 17.4. The molecule has 4 nitrogen and oxygen atoms in total. The smallest absolute Gasteiger partial charge is 0.266 e. The van der Waals surface area contributed by atoms with Crippen LogP contribution in [-0.4, -0.2) is 14.5 Å². The van der Waals surface area contributed by atoms with Crippen LogP contribution >= 0.6 is 11.3 Å². The summed E-state index contributed by atoms with van der Waals surface area (Å²) in [5.74, 6) is 0.765. The van der Waals surface area contributed by atoms with Crippen LogP contribution in [0.5, 0.6) is 0 Å². The Hall–Kier alpha value is -2.79. The van der Waals surface area contributed by atoms with E-state index in [1.807, 2.05) is 68.6 Å². The predicted molar refractivity (Wildman–Crippen MR) is 103 cm³/mol. The number of benzene rings is 2. The van der Waals surface area contributed by atoms with Gasteiger partial charge in [-0.05, 0) is 25.1 Å². The Kier molecular flexibility index (Phi) is 3.93. The molecule has 2 aromatic carbocycles. The third kappa shape index (κ3) is 2.66. The van der Waals surface area contributed by atoms with Gasteiger partial charge in [0.25, 0.3) is 5.56 Å². The third-order valence-corrected chi connectivity index (χ3v) is 5.13. The second-order valence-electron chi connectivity index (χ2n) is 5.80. The Bertz CT molecular complexity index is 1110. The summed E-state index contributed by atoms with van der Waals surface area (Å²) in [4.78, 5) is 23.5. The highest BCUT2D eigenvalue weighted by molar-refractivity contribution is 7.15. The average Bonchev–Trinajstić information content (AvgIpc) is 3.08. The van der Waals surface area contributed by atoms with Crippen LogP contribution in [-0.2, 0) is 6.42 Å². The lowest BCUT2D eigenvalue weighted by Crippen LogP contribution is -2.24. The Morgan fingerprint density at radius 3 is 2.56 bits per heavy atom. The van der Waals surface area contributed by atoms with Gasteiger partial charge in [0.1, 0.15) is 5.82 Å². The van der Waals surface area contributed by atoms with Gasteiger partial charge in [0.05, 0.1) is 26.5 Å². The number of rotatable bonds is 3. The molecule has 5 heteroatoms. The Morgan fingerprint density at radius 1 is 1.08 bits per heavy atom. The summed E-state index contributed by atoms with van der Waals surface area (Å²) in [6.07, 6.45) is 2.51. The molecule has 124 valence electrons. The molecule has 0 radical (unpaired) electrons. The number of nitrogens with zero attached hydrogens (tertiary/aromatic N) is 3. The molecule has 0 spiro atoms. The second kappa shape index (κ2) is 6.26. The van der Waals surface area contributed by atoms with Crippen LogP contribution in [0.25, 0.3) is 27.0 Å². The molecule has 0 aliphatic carbocycles. The van der Waals surface area contributed by atoms with Crippen molar-refractivity contribution in [3.63, 3.8) is 0 Å². The highest BCUT2D eigenvalue weighted by Crippen LogP contribution is 2.30. The summed E-state index contributed by atoms with van der Waals surface area (Å²) in [6.45, 7) is 3.98. The molecule has 2 aromatic heterocycles. The van der Waals surface area contributed by atoms with Crippen molar-refractivity contribution in [2.45, 2.75) is 20.3 Å². The summed E-state index contributed by atoms with van der Waals surface area (Å²) >= 11 is 1.59. The molecular weight excluding hydrogens is 330 g/mol. The van der Waals surface area contributed by atoms with E-state index < -0.39 is 0 Å². The van der Waals surface area contributed by atoms with Crippen LogP contribution in [0.3, 0.4) is 0 Å². The number of aromatic nitrogens is 3. The fourth-order valence-electron chi connectivity index (χ4n) is 3.05. The van der Waals surface area contributed by atoms with Crippen LogP contribution in [0.15, 0.2) is 59.5 Å². The van der Waals surface area contributed by atoms with Crippen molar-refractivity contribution in [1.82, 2.24) is 14.5 Å². The topological polar surface area (TPSA) is 47.8 Å². The van der Waals surface area contributed by atoms with Crippen molar-refractivity contribution in [1.29, 1.82) is 0 Å². The minimum Gasteiger partial charge on any atom is -0.268 e. The van der Waals surface area contributed by atoms with E-state index in [4.69, 9.17) is 4.98 Å². The molecule has 25 heavy (non-hydrogen) atoms. The summed E-state index contributed by atoms with van der Waals surface area (Å²) in [6, 6.07) is 15.5. The summed E-state index contributed by atoms with van der Waals surface area (Å²) < 4.78 is 1.72. The first-order chi connectivity index (χ1) is 12.2. The summed E-state index contributed by atoms with van der Waals surface area (Å²) in [5.41, 5.74) is 2.44. The van der Waals surface area contributed by atoms with Gasteiger partial charge in [-0.1, -0.05) is 37.3 Å². The quantitative estimate of drug-likeness (QED) is 0.552. The van der Waals surface area contributed by atoms with Gasteiger partial charge < -0.3 is 0 Å². The number of para-hydroxylation sites is 1. The Morgan fingerprint density at radius 2 is 1.88 bits per heavy atom. The van der Waals surface area contributed by atoms with Crippen LogP contribution in [0.1, 0.15) is 17.8 Å². The van der Waals surface area contributed by atoms with E-state index in [1.54, 1.807) is 15.9 Å². The van der Waals surface area contributed by atoms with Crippen molar-refractivity contribution in [2.24, 2.45) is 0 Å². The fourth-order valence-corrected chi connectivity index (χ4v) is 3.86. The van der Waals surface area contributed by atoms with Crippen LogP contribution in [0.2, 0.25) is 0 Å². The van der Waals surface area contributed by atoms with Crippen molar-refractivity contribution >= 4 is 22.2 Å². The number of fused-ring (bicyclic) bond motifs is 1. The van der Waals surface area contributed by atoms with Crippen LogP contribution in [0.4, 0.5) is 0 Å². The zero-order valence-corrected chi connectivity index (χ0v) is 14.9. The lowest BCUT2D eigenvalue weighted by atomic mass is 10.1. The van der Waals surface area contributed by atoms with Crippen LogP contribution in [0, 0.1) is 6.92 Å². The minimum atomic E-state index is -0.0327. The van der Waals surface area contributed by atoms with Gasteiger partial charge >= 0.3 is 0 Å². The number of hydrogen-bond acceptors (Lipinski definition) is 4. The highest BCUT2D eigenvalue weighted by atomic mass is 32.1.